The molecule has 2 rings (SSSR count). The highest BCUT2D eigenvalue weighted by Gasteiger charge is 2.04. The number of rotatable bonds is 7. The van der Waals surface area contributed by atoms with E-state index in [4.69, 9.17) is 4.74 Å². The van der Waals surface area contributed by atoms with Crippen LogP contribution in [0.5, 0.6) is 0 Å². The van der Waals surface area contributed by atoms with Gasteiger partial charge in [0.1, 0.15) is 0 Å². The summed E-state index contributed by atoms with van der Waals surface area (Å²) >= 11 is 0. The van der Waals surface area contributed by atoms with Crippen molar-refractivity contribution >= 4 is 5.78 Å². The number of carbonyl (C=O) groups excluding carboxylic acids is 1. The molecule has 0 saturated carbocycles. The molecular formula is C17H18O2. The summed E-state index contributed by atoms with van der Waals surface area (Å²) in [5.41, 5.74) is 1.95. The third-order valence-corrected chi connectivity index (χ3v) is 2.90. The van der Waals surface area contributed by atoms with Crippen molar-refractivity contribution in [2.24, 2.45) is 0 Å². The topological polar surface area (TPSA) is 26.3 Å². The van der Waals surface area contributed by atoms with E-state index in [2.05, 4.69) is 0 Å². The van der Waals surface area contributed by atoms with Gasteiger partial charge in [0, 0.05) is 18.6 Å². The van der Waals surface area contributed by atoms with Crippen LogP contribution < -0.4 is 0 Å². The molecule has 2 nitrogen and oxygen atoms in total. The van der Waals surface area contributed by atoms with Gasteiger partial charge in [-0.15, -0.1) is 0 Å². The molecule has 0 aliphatic rings. The molecule has 0 heterocycles. The molecule has 2 heteroatoms. The predicted octanol–water partition coefficient (Wildman–Crippen LogP) is 3.87. The molecule has 19 heavy (non-hydrogen) atoms. The molecule has 0 saturated heterocycles. The molecule has 0 N–H and O–H groups in total. The van der Waals surface area contributed by atoms with Crippen LogP contribution in [0.25, 0.3) is 0 Å². The van der Waals surface area contributed by atoms with Crippen molar-refractivity contribution in [1.29, 1.82) is 0 Å². The maximum atomic E-state index is 11.8. The lowest BCUT2D eigenvalue weighted by atomic mass is 10.1. The van der Waals surface area contributed by atoms with Gasteiger partial charge in [0.25, 0.3) is 0 Å². The van der Waals surface area contributed by atoms with Crippen LogP contribution in [-0.2, 0) is 11.3 Å². The Labute approximate surface area is 114 Å². The van der Waals surface area contributed by atoms with Gasteiger partial charge in [-0.1, -0.05) is 60.7 Å². The minimum Gasteiger partial charge on any atom is -0.377 e. The number of benzene rings is 2. The van der Waals surface area contributed by atoms with E-state index in [1.807, 2.05) is 60.7 Å². The Morgan fingerprint density at radius 3 is 2.21 bits per heavy atom. The van der Waals surface area contributed by atoms with Crippen LogP contribution in [0, 0.1) is 0 Å². The van der Waals surface area contributed by atoms with Gasteiger partial charge in [-0.3, -0.25) is 4.79 Å². The largest absolute Gasteiger partial charge is 0.377 e. The molecule has 0 unspecified atom stereocenters. The van der Waals surface area contributed by atoms with Crippen LogP contribution in [-0.4, -0.2) is 12.4 Å². The Balaban J connectivity index is 1.63. The van der Waals surface area contributed by atoms with Crippen molar-refractivity contribution in [1.82, 2.24) is 0 Å². The molecule has 2 aromatic carbocycles. The van der Waals surface area contributed by atoms with Gasteiger partial charge in [0.15, 0.2) is 5.78 Å². The molecule has 0 spiro atoms. The fourth-order valence-corrected chi connectivity index (χ4v) is 1.87. The van der Waals surface area contributed by atoms with Crippen molar-refractivity contribution in [3.05, 3.63) is 71.8 Å². The van der Waals surface area contributed by atoms with E-state index in [0.29, 0.717) is 19.6 Å². The van der Waals surface area contributed by atoms with Crippen molar-refractivity contribution < 1.29 is 9.53 Å². The van der Waals surface area contributed by atoms with Gasteiger partial charge in [0.2, 0.25) is 0 Å². The van der Waals surface area contributed by atoms with Gasteiger partial charge >= 0.3 is 0 Å². The van der Waals surface area contributed by atoms with E-state index in [1.165, 1.54) is 0 Å². The number of Topliss-reactive ketones (excluding diaryl/α,β-unsaturated/α-hetero) is 1. The van der Waals surface area contributed by atoms with Crippen molar-refractivity contribution in [3.63, 3.8) is 0 Å². The minimum absolute atomic E-state index is 0.184. The number of ether oxygens (including phenoxy) is 1. The van der Waals surface area contributed by atoms with Gasteiger partial charge in [-0.25, -0.2) is 0 Å². The van der Waals surface area contributed by atoms with Crippen LogP contribution in [0.2, 0.25) is 0 Å². The molecule has 0 aromatic heterocycles. The maximum absolute atomic E-state index is 11.8. The number of carbonyl (C=O) groups is 1. The lowest BCUT2D eigenvalue weighted by Gasteiger charge is -2.04. The lowest BCUT2D eigenvalue weighted by Crippen LogP contribution is -2.02. The summed E-state index contributed by atoms with van der Waals surface area (Å²) in [6.07, 6.45) is 1.30. The highest BCUT2D eigenvalue weighted by Crippen LogP contribution is 2.06. The summed E-state index contributed by atoms with van der Waals surface area (Å²) in [5, 5.41) is 0. The van der Waals surface area contributed by atoms with Gasteiger partial charge in [0.05, 0.1) is 6.61 Å². The van der Waals surface area contributed by atoms with Crippen LogP contribution in [0.1, 0.15) is 28.8 Å². The fourth-order valence-electron chi connectivity index (χ4n) is 1.87. The zero-order chi connectivity index (χ0) is 13.3. The predicted molar refractivity (Wildman–Crippen MR) is 76.1 cm³/mol. The van der Waals surface area contributed by atoms with Crippen LogP contribution in [0.3, 0.4) is 0 Å². The van der Waals surface area contributed by atoms with E-state index in [1.54, 1.807) is 0 Å². The average molecular weight is 254 g/mol. The number of hydrogen-bond donors (Lipinski definition) is 0. The fraction of sp³-hybridized carbons (Fsp3) is 0.235. The third-order valence-electron chi connectivity index (χ3n) is 2.90. The summed E-state index contributed by atoms with van der Waals surface area (Å²) in [6.45, 7) is 1.23. The first-order valence-corrected chi connectivity index (χ1v) is 6.56. The monoisotopic (exact) mass is 254 g/mol. The highest BCUT2D eigenvalue weighted by molar-refractivity contribution is 5.95. The molecule has 0 amide bonds. The van der Waals surface area contributed by atoms with Crippen LogP contribution >= 0.6 is 0 Å². The second kappa shape index (κ2) is 7.49. The van der Waals surface area contributed by atoms with E-state index in [0.717, 1.165) is 17.5 Å². The van der Waals surface area contributed by atoms with Gasteiger partial charge in [-0.2, -0.15) is 0 Å². The maximum Gasteiger partial charge on any atom is 0.162 e. The number of hydrogen-bond acceptors (Lipinski definition) is 2. The summed E-state index contributed by atoms with van der Waals surface area (Å²) in [6, 6.07) is 19.5. The number of ketones is 1. The summed E-state index contributed by atoms with van der Waals surface area (Å²) < 4.78 is 5.55. The smallest absolute Gasteiger partial charge is 0.162 e. The van der Waals surface area contributed by atoms with Gasteiger partial charge in [-0.05, 0) is 12.0 Å². The van der Waals surface area contributed by atoms with Crippen molar-refractivity contribution in [3.8, 4) is 0 Å². The molecule has 0 aliphatic heterocycles. The second-order valence-electron chi connectivity index (χ2n) is 4.43. The Bertz CT molecular complexity index is 491. The zero-order valence-corrected chi connectivity index (χ0v) is 10.9. The standard InChI is InChI=1S/C17H18O2/c18-17(16-10-5-2-6-11-16)12-7-13-19-14-15-8-3-1-4-9-15/h1-6,8-11H,7,12-14H2. The quantitative estimate of drug-likeness (QED) is 0.554. The molecule has 0 radical (unpaired) electrons. The molecule has 0 aliphatic carbocycles. The third kappa shape index (κ3) is 4.68. The summed E-state index contributed by atoms with van der Waals surface area (Å²) in [5.74, 6) is 0.184. The molecule has 0 bridgehead atoms. The summed E-state index contributed by atoms with van der Waals surface area (Å²) in [7, 11) is 0. The molecule has 2 aromatic rings. The SMILES string of the molecule is O=C(CCCOCc1ccccc1)c1ccccc1. The molecule has 0 fully saturated rings. The van der Waals surface area contributed by atoms with Gasteiger partial charge < -0.3 is 4.74 Å². The van der Waals surface area contributed by atoms with Crippen molar-refractivity contribution in [2.75, 3.05) is 6.61 Å². The second-order valence-corrected chi connectivity index (χ2v) is 4.43. The minimum atomic E-state index is 0.184. The Morgan fingerprint density at radius 2 is 1.53 bits per heavy atom. The highest BCUT2D eigenvalue weighted by atomic mass is 16.5. The first-order valence-electron chi connectivity index (χ1n) is 6.56. The average Bonchev–Trinajstić information content (AvgIpc) is 2.49. The molecular weight excluding hydrogens is 236 g/mol. The first kappa shape index (κ1) is 13.5. The Morgan fingerprint density at radius 1 is 0.895 bits per heavy atom. The van der Waals surface area contributed by atoms with Crippen molar-refractivity contribution in [2.45, 2.75) is 19.4 Å². The van der Waals surface area contributed by atoms with Crippen LogP contribution in [0.15, 0.2) is 60.7 Å². The van der Waals surface area contributed by atoms with Crippen LogP contribution in [0.4, 0.5) is 0 Å². The van der Waals surface area contributed by atoms with E-state index in [-0.39, 0.29) is 5.78 Å². The van der Waals surface area contributed by atoms with E-state index < -0.39 is 0 Å². The molecule has 98 valence electrons. The summed E-state index contributed by atoms with van der Waals surface area (Å²) in [4.78, 5) is 11.8. The van der Waals surface area contributed by atoms with E-state index >= 15 is 0 Å². The lowest BCUT2D eigenvalue weighted by molar-refractivity contribution is 0.0919. The zero-order valence-electron chi connectivity index (χ0n) is 10.9. The van der Waals surface area contributed by atoms with E-state index in [9.17, 15) is 4.79 Å². The Hall–Kier alpha value is -1.93. The normalized spacial score (nSPS) is 10.3. The Kier molecular flexibility index (Phi) is 5.32. The molecule has 0 atom stereocenters. The first-order chi connectivity index (χ1) is 9.36.